The number of carbonyl (C=O) groups excluding carboxylic acids is 3. The van der Waals surface area contributed by atoms with E-state index in [1.165, 1.54) is 17.0 Å². The molecule has 2 fully saturated rings. The number of nitrogens with zero attached hydrogens (tertiary/aromatic N) is 1. The lowest BCUT2D eigenvalue weighted by molar-refractivity contribution is -0.126. The quantitative estimate of drug-likeness (QED) is 0.840. The van der Waals surface area contributed by atoms with Gasteiger partial charge in [-0.3, -0.25) is 20.2 Å². The van der Waals surface area contributed by atoms with E-state index >= 15 is 0 Å². The van der Waals surface area contributed by atoms with Gasteiger partial charge in [-0.15, -0.1) is 0 Å². The van der Waals surface area contributed by atoms with Crippen LogP contribution >= 0.6 is 0 Å². The summed E-state index contributed by atoms with van der Waals surface area (Å²) in [6.07, 6.45) is -1.65. The number of ketones is 1. The lowest BCUT2D eigenvalue weighted by Gasteiger charge is -2.27. The Morgan fingerprint density at radius 3 is 2.92 bits per heavy atom. The maximum absolute atomic E-state index is 14.2. The predicted octanol–water partition coefficient (Wildman–Crippen LogP) is 0.626. The van der Waals surface area contributed by atoms with Crippen molar-refractivity contribution in [2.45, 2.75) is 12.6 Å². The van der Waals surface area contributed by atoms with Gasteiger partial charge in [0.1, 0.15) is 12.4 Å². The van der Waals surface area contributed by atoms with E-state index in [0.717, 1.165) is 6.07 Å². The smallest absolute Gasteiger partial charge is 0.413 e. The highest BCUT2D eigenvalue weighted by Gasteiger charge is 2.28. The van der Waals surface area contributed by atoms with Crippen LogP contribution in [0.2, 0.25) is 0 Å². The number of rotatable bonds is 3. The van der Waals surface area contributed by atoms with E-state index in [4.69, 9.17) is 9.47 Å². The molecule has 0 aliphatic carbocycles. The molecular weight excluding hydrogens is 321 g/mol. The Balaban J connectivity index is 1.65. The molecule has 3 rings (SSSR count). The van der Waals surface area contributed by atoms with Crippen molar-refractivity contribution in [3.05, 3.63) is 24.0 Å². The zero-order valence-corrected chi connectivity index (χ0v) is 12.7. The number of Topliss-reactive ketones (excluding diaryl/α,β-unsaturated/α-hetero) is 1. The van der Waals surface area contributed by atoms with Gasteiger partial charge in [-0.25, -0.2) is 9.18 Å². The normalized spacial score (nSPS) is 21.0. The minimum Gasteiger partial charge on any atom is -0.423 e. The van der Waals surface area contributed by atoms with Gasteiger partial charge in [0.2, 0.25) is 6.23 Å². The molecule has 1 unspecified atom stereocenters. The number of anilines is 2. The molecule has 2 heterocycles. The average molecular weight is 337 g/mol. The van der Waals surface area contributed by atoms with Gasteiger partial charge in [0.05, 0.1) is 12.3 Å². The van der Waals surface area contributed by atoms with Gasteiger partial charge in [-0.2, -0.15) is 0 Å². The second-order valence-corrected chi connectivity index (χ2v) is 5.34. The molecular formula is C15H16FN3O5. The minimum atomic E-state index is -1.00. The van der Waals surface area contributed by atoms with E-state index in [9.17, 15) is 18.8 Å². The largest absolute Gasteiger partial charge is 0.423 e. The molecule has 24 heavy (non-hydrogen) atoms. The fourth-order valence-corrected chi connectivity index (χ4v) is 2.49. The maximum Gasteiger partial charge on any atom is 0.413 e. The van der Waals surface area contributed by atoms with Crippen LogP contribution in [-0.2, 0) is 19.1 Å². The van der Waals surface area contributed by atoms with Crippen LogP contribution in [0.25, 0.3) is 0 Å². The topological polar surface area (TPSA) is 97.0 Å². The molecule has 1 aromatic rings. The summed E-state index contributed by atoms with van der Waals surface area (Å²) in [5, 5.41) is 4.95. The molecule has 2 saturated heterocycles. The Hall–Kier alpha value is -2.52. The van der Waals surface area contributed by atoms with Gasteiger partial charge in [0, 0.05) is 25.2 Å². The third kappa shape index (κ3) is 3.52. The number of halogens is 1. The summed E-state index contributed by atoms with van der Waals surface area (Å²) in [6, 6.07) is 4.00. The average Bonchev–Trinajstić information content (AvgIpc) is 2.95. The number of morpholine rings is 1. The Morgan fingerprint density at radius 1 is 1.42 bits per heavy atom. The van der Waals surface area contributed by atoms with Crippen LogP contribution in [0.15, 0.2) is 18.2 Å². The number of benzene rings is 1. The van der Waals surface area contributed by atoms with Crippen LogP contribution in [-0.4, -0.2) is 50.3 Å². The van der Waals surface area contributed by atoms with E-state index in [1.807, 2.05) is 0 Å². The van der Waals surface area contributed by atoms with Crippen LogP contribution in [0.1, 0.15) is 6.42 Å². The zero-order valence-electron chi connectivity index (χ0n) is 12.7. The molecule has 0 saturated carbocycles. The van der Waals surface area contributed by atoms with Crippen molar-refractivity contribution in [2.75, 3.05) is 36.5 Å². The first-order valence-electron chi connectivity index (χ1n) is 7.46. The second kappa shape index (κ2) is 6.93. The molecule has 0 spiro atoms. The van der Waals surface area contributed by atoms with Crippen molar-refractivity contribution in [3.8, 4) is 0 Å². The molecule has 0 radical (unpaired) electrons. The van der Waals surface area contributed by atoms with Crippen LogP contribution < -0.4 is 15.5 Å². The summed E-state index contributed by atoms with van der Waals surface area (Å²) in [4.78, 5) is 36.3. The van der Waals surface area contributed by atoms with Crippen molar-refractivity contribution < 1.29 is 28.2 Å². The first-order valence-corrected chi connectivity index (χ1v) is 7.46. The minimum absolute atomic E-state index is 0.0453. The van der Waals surface area contributed by atoms with Crippen molar-refractivity contribution >= 4 is 29.2 Å². The molecule has 2 aliphatic rings. The highest BCUT2D eigenvalue weighted by Crippen LogP contribution is 2.23. The van der Waals surface area contributed by atoms with Crippen LogP contribution in [0.4, 0.5) is 20.6 Å². The summed E-state index contributed by atoms with van der Waals surface area (Å²) < 4.78 is 24.1. The number of carbonyl (C=O) groups is 3. The Kier molecular flexibility index (Phi) is 4.72. The molecule has 2 N–H and O–H groups in total. The van der Waals surface area contributed by atoms with E-state index < -0.39 is 18.1 Å². The molecule has 1 atom stereocenters. The second-order valence-electron chi connectivity index (χ2n) is 5.34. The molecule has 2 amide bonds. The molecule has 0 aromatic heterocycles. The Labute approximate surface area is 136 Å². The maximum atomic E-state index is 14.2. The number of nitrogens with one attached hydrogen (secondary N) is 2. The van der Waals surface area contributed by atoms with Gasteiger partial charge in [-0.1, -0.05) is 0 Å². The number of hydrogen-bond donors (Lipinski definition) is 2. The van der Waals surface area contributed by atoms with Gasteiger partial charge < -0.3 is 14.4 Å². The Morgan fingerprint density at radius 2 is 2.25 bits per heavy atom. The molecule has 9 heteroatoms. The van der Waals surface area contributed by atoms with E-state index in [1.54, 1.807) is 0 Å². The van der Waals surface area contributed by atoms with Crippen LogP contribution in [0.3, 0.4) is 0 Å². The van der Waals surface area contributed by atoms with Crippen molar-refractivity contribution in [1.29, 1.82) is 0 Å². The van der Waals surface area contributed by atoms with Crippen molar-refractivity contribution in [2.24, 2.45) is 0 Å². The number of amides is 2. The molecule has 128 valence electrons. The van der Waals surface area contributed by atoms with E-state index in [-0.39, 0.29) is 30.4 Å². The standard InChI is InChI=1S/C15H16FN3O5/c16-10-7-9(19-5-6-23-8-13(19)21)1-2-11(10)18-15(22)24-14-12(20)3-4-17-14/h1-2,7,14,17H,3-6,8H2,(H,18,22). The van der Waals surface area contributed by atoms with E-state index in [0.29, 0.717) is 25.4 Å². The highest BCUT2D eigenvalue weighted by atomic mass is 19.1. The third-order valence-electron chi connectivity index (χ3n) is 3.71. The lowest BCUT2D eigenvalue weighted by Crippen LogP contribution is -2.41. The van der Waals surface area contributed by atoms with Gasteiger partial charge in [0.25, 0.3) is 5.91 Å². The summed E-state index contributed by atoms with van der Waals surface area (Å²) in [7, 11) is 0. The van der Waals surface area contributed by atoms with Crippen molar-refractivity contribution in [1.82, 2.24) is 5.32 Å². The summed E-state index contributed by atoms with van der Waals surface area (Å²) in [5.74, 6) is -1.20. The van der Waals surface area contributed by atoms with Gasteiger partial charge >= 0.3 is 6.09 Å². The predicted molar refractivity (Wildman–Crippen MR) is 81.1 cm³/mol. The molecule has 1 aromatic carbocycles. The van der Waals surface area contributed by atoms with Gasteiger partial charge in [-0.05, 0) is 18.2 Å². The van der Waals surface area contributed by atoms with E-state index in [2.05, 4.69) is 10.6 Å². The fraction of sp³-hybridized carbons (Fsp3) is 0.400. The lowest BCUT2D eigenvalue weighted by atomic mass is 10.2. The zero-order chi connectivity index (χ0) is 17.1. The number of ether oxygens (including phenoxy) is 2. The summed E-state index contributed by atoms with van der Waals surface area (Å²) in [6.45, 7) is 1.11. The molecule has 2 aliphatic heterocycles. The highest BCUT2D eigenvalue weighted by molar-refractivity contribution is 5.95. The summed E-state index contributed by atoms with van der Waals surface area (Å²) >= 11 is 0. The first-order chi connectivity index (χ1) is 11.5. The fourth-order valence-electron chi connectivity index (χ4n) is 2.49. The molecule has 0 bridgehead atoms. The number of hydrogen-bond acceptors (Lipinski definition) is 6. The van der Waals surface area contributed by atoms with Crippen LogP contribution in [0.5, 0.6) is 0 Å². The summed E-state index contributed by atoms with van der Waals surface area (Å²) in [5.41, 5.74) is 0.280. The first kappa shape index (κ1) is 16.3. The van der Waals surface area contributed by atoms with Crippen molar-refractivity contribution in [3.63, 3.8) is 0 Å². The SMILES string of the molecule is O=C(Nc1ccc(N2CCOCC2=O)cc1F)OC1NCCC1=O. The van der Waals surface area contributed by atoms with Crippen LogP contribution in [0, 0.1) is 5.82 Å². The molecule has 8 nitrogen and oxygen atoms in total. The monoisotopic (exact) mass is 337 g/mol. The third-order valence-corrected chi connectivity index (χ3v) is 3.71. The Bertz CT molecular complexity index is 681. The van der Waals surface area contributed by atoms with Gasteiger partial charge in [0.15, 0.2) is 5.78 Å².